The number of amides is 2. The van der Waals surface area contributed by atoms with Crippen molar-refractivity contribution in [2.24, 2.45) is 11.3 Å². The first-order valence-corrected chi connectivity index (χ1v) is 8.03. The van der Waals surface area contributed by atoms with Crippen LogP contribution in [0.3, 0.4) is 0 Å². The highest BCUT2D eigenvalue weighted by Crippen LogP contribution is 2.53. The number of carbonyl (C=O) groups is 2. The van der Waals surface area contributed by atoms with Crippen LogP contribution >= 0.6 is 0 Å². The molecule has 1 aliphatic heterocycles. The van der Waals surface area contributed by atoms with Gasteiger partial charge in [-0.25, -0.2) is 0 Å². The topological polar surface area (TPSA) is 46.2 Å². The Kier molecular flexibility index (Phi) is 3.83. The molecule has 1 aliphatic carbocycles. The van der Waals surface area contributed by atoms with Crippen molar-refractivity contribution in [1.82, 2.24) is 5.32 Å². The van der Waals surface area contributed by atoms with Gasteiger partial charge in [-0.2, -0.15) is 0 Å². The lowest BCUT2D eigenvalue weighted by molar-refractivity contribution is -0.142. The van der Waals surface area contributed by atoms with E-state index in [0.717, 1.165) is 31.2 Å². The first kappa shape index (κ1) is 14.3. The summed E-state index contributed by atoms with van der Waals surface area (Å²) in [6.07, 6.45) is 5.98. The Labute approximate surface area is 126 Å². The fourth-order valence-electron chi connectivity index (χ4n) is 4.40. The Morgan fingerprint density at radius 2 is 2.00 bits per heavy atom. The Morgan fingerprint density at radius 1 is 1.24 bits per heavy atom. The molecule has 1 saturated heterocycles. The highest BCUT2D eigenvalue weighted by molar-refractivity contribution is 6.02. The quantitative estimate of drug-likeness (QED) is 0.846. The zero-order chi connectivity index (χ0) is 14.9. The molecule has 21 heavy (non-hydrogen) atoms. The second-order valence-electron chi connectivity index (χ2n) is 6.67. The predicted octanol–water partition coefficient (Wildman–Crippen LogP) is 3.40. The average molecular weight is 285 g/mol. The molecule has 3 heteroatoms. The largest absolute Gasteiger partial charge is 0.296 e. The van der Waals surface area contributed by atoms with Gasteiger partial charge in [0.15, 0.2) is 0 Å². The summed E-state index contributed by atoms with van der Waals surface area (Å²) in [7, 11) is 0. The maximum absolute atomic E-state index is 12.5. The zero-order valence-corrected chi connectivity index (χ0v) is 12.6. The van der Waals surface area contributed by atoms with Crippen LogP contribution in [-0.2, 0) is 9.59 Å². The van der Waals surface area contributed by atoms with Gasteiger partial charge in [0.25, 0.3) is 0 Å². The predicted molar refractivity (Wildman–Crippen MR) is 81.6 cm³/mol. The van der Waals surface area contributed by atoms with Crippen molar-refractivity contribution in [3.05, 3.63) is 35.9 Å². The van der Waals surface area contributed by atoms with Crippen LogP contribution in [0.15, 0.2) is 30.3 Å². The standard InChI is InChI=1S/C18H23NO2/c1-2-13-7-6-10-18(11-13)12-15(20)19-17(21)16(18)14-8-4-3-5-9-14/h3-5,8-9,13,16H,2,6-7,10-12H2,1H3,(H,19,20,21). The number of nitrogens with one attached hydrogen (secondary N) is 1. The van der Waals surface area contributed by atoms with Crippen LogP contribution in [0, 0.1) is 11.3 Å². The molecule has 0 bridgehead atoms. The third-order valence-electron chi connectivity index (χ3n) is 5.34. The highest BCUT2D eigenvalue weighted by Gasteiger charge is 2.50. The summed E-state index contributed by atoms with van der Waals surface area (Å²) in [5, 5.41) is 2.55. The molecular weight excluding hydrogens is 262 g/mol. The number of rotatable bonds is 2. The molecule has 0 radical (unpaired) electrons. The van der Waals surface area contributed by atoms with Crippen molar-refractivity contribution in [2.45, 2.75) is 51.4 Å². The van der Waals surface area contributed by atoms with Crippen molar-refractivity contribution < 1.29 is 9.59 Å². The van der Waals surface area contributed by atoms with Gasteiger partial charge in [0.2, 0.25) is 11.8 Å². The third-order valence-corrected chi connectivity index (χ3v) is 5.34. The lowest BCUT2D eigenvalue weighted by Gasteiger charge is -2.47. The minimum atomic E-state index is -0.175. The molecule has 1 saturated carbocycles. The van der Waals surface area contributed by atoms with Gasteiger partial charge < -0.3 is 0 Å². The SMILES string of the molecule is CCC1CCCC2(CC(=O)NC(=O)C2c2ccccc2)C1. The summed E-state index contributed by atoms with van der Waals surface area (Å²) in [6, 6.07) is 9.98. The van der Waals surface area contributed by atoms with Gasteiger partial charge >= 0.3 is 0 Å². The number of hydrogen-bond acceptors (Lipinski definition) is 2. The summed E-state index contributed by atoms with van der Waals surface area (Å²) >= 11 is 0. The summed E-state index contributed by atoms with van der Waals surface area (Å²) in [6.45, 7) is 2.21. The molecule has 1 spiro atoms. The van der Waals surface area contributed by atoms with Crippen LogP contribution in [0.2, 0.25) is 0 Å². The first-order valence-electron chi connectivity index (χ1n) is 8.03. The minimum Gasteiger partial charge on any atom is -0.296 e. The van der Waals surface area contributed by atoms with E-state index in [9.17, 15) is 9.59 Å². The van der Waals surface area contributed by atoms with Crippen LogP contribution in [0.5, 0.6) is 0 Å². The molecule has 0 aromatic heterocycles. The van der Waals surface area contributed by atoms with E-state index in [1.807, 2.05) is 30.3 Å². The molecule has 2 fully saturated rings. The van der Waals surface area contributed by atoms with Crippen molar-refractivity contribution >= 4 is 11.8 Å². The Balaban J connectivity index is 2.00. The van der Waals surface area contributed by atoms with Gasteiger partial charge in [-0.05, 0) is 29.7 Å². The van der Waals surface area contributed by atoms with E-state index in [4.69, 9.17) is 0 Å². The molecule has 2 amide bonds. The summed E-state index contributed by atoms with van der Waals surface area (Å²) in [4.78, 5) is 24.5. The van der Waals surface area contributed by atoms with Gasteiger partial charge in [-0.3, -0.25) is 14.9 Å². The van der Waals surface area contributed by atoms with Gasteiger partial charge in [-0.15, -0.1) is 0 Å². The molecular formula is C18H23NO2. The lowest BCUT2D eigenvalue weighted by atomic mass is 9.57. The molecule has 3 atom stereocenters. The van der Waals surface area contributed by atoms with Crippen LogP contribution in [0.25, 0.3) is 0 Å². The third kappa shape index (κ3) is 2.61. The average Bonchev–Trinajstić information content (AvgIpc) is 2.47. The number of piperidine rings is 1. The molecule has 2 aliphatic rings. The second-order valence-corrected chi connectivity index (χ2v) is 6.67. The van der Waals surface area contributed by atoms with E-state index in [2.05, 4.69) is 12.2 Å². The van der Waals surface area contributed by atoms with E-state index in [1.54, 1.807) is 0 Å². The van der Waals surface area contributed by atoms with Gasteiger partial charge in [0.05, 0.1) is 5.92 Å². The molecule has 3 rings (SSSR count). The van der Waals surface area contributed by atoms with E-state index in [1.165, 1.54) is 6.42 Å². The molecule has 3 nitrogen and oxygen atoms in total. The van der Waals surface area contributed by atoms with Crippen molar-refractivity contribution in [1.29, 1.82) is 0 Å². The Morgan fingerprint density at radius 3 is 2.71 bits per heavy atom. The molecule has 1 N–H and O–H groups in total. The van der Waals surface area contributed by atoms with Gasteiger partial charge in [0.1, 0.15) is 0 Å². The maximum Gasteiger partial charge on any atom is 0.234 e. The van der Waals surface area contributed by atoms with Crippen molar-refractivity contribution in [3.63, 3.8) is 0 Å². The van der Waals surface area contributed by atoms with Gasteiger partial charge in [0, 0.05) is 6.42 Å². The van der Waals surface area contributed by atoms with E-state index >= 15 is 0 Å². The Hall–Kier alpha value is -1.64. The van der Waals surface area contributed by atoms with E-state index in [0.29, 0.717) is 12.3 Å². The van der Waals surface area contributed by atoms with Crippen LogP contribution in [0.1, 0.15) is 56.9 Å². The summed E-state index contributed by atoms with van der Waals surface area (Å²) < 4.78 is 0. The zero-order valence-electron chi connectivity index (χ0n) is 12.6. The fraction of sp³-hybridized carbons (Fsp3) is 0.556. The summed E-state index contributed by atoms with van der Waals surface area (Å²) in [5.74, 6) is 0.271. The van der Waals surface area contributed by atoms with E-state index in [-0.39, 0.29) is 23.1 Å². The van der Waals surface area contributed by atoms with Gasteiger partial charge in [-0.1, -0.05) is 56.5 Å². The number of benzene rings is 1. The highest BCUT2D eigenvalue weighted by atomic mass is 16.2. The molecule has 1 aromatic carbocycles. The number of carbonyl (C=O) groups excluding carboxylic acids is 2. The normalized spacial score (nSPS) is 33.0. The Bertz CT molecular complexity index is 539. The molecule has 1 heterocycles. The minimum absolute atomic E-state index is 0.0936. The molecule has 1 aromatic rings. The van der Waals surface area contributed by atoms with Crippen LogP contribution < -0.4 is 5.32 Å². The van der Waals surface area contributed by atoms with Crippen molar-refractivity contribution in [3.8, 4) is 0 Å². The first-order chi connectivity index (χ1) is 10.1. The monoisotopic (exact) mass is 285 g/mol. The second kappa shape index (κ2) is 5.63. The lowest BCUT2D eigenvalue weighted by Crippen LogP contribution is -2.52. The van der Waals surface area contributed by atoms with Crippen molar-refractivity contribution in [2.75, 3.05) is 0 Å². The summed E-state index contributed by atoms with van der Waals surface area (Å²) in [5.41, 5.74) is 0.888. The molecule has 3 unspecified atom stereocenters. The van der Waals surface area contributed by atoms with Crippen LogP contribution in [-0.4, -0.2) is 11.8 Å². The van der Waals surface area contributed by atoms with Crippen LogP contribution in [0.4, 0.5) is 0 Å². The smallest absolute Gasteiger partial charge is 0.234 e. The maximum atomic E-state index is 12.5. The van der Waals surface area contributed by atoms with E-state index < -0.39 is 0 Å². The fourth-order valence-corrected chi connectivity index (χ4v) is 4.40. The molecule has 112 valence electrons. The number of imide groups is 1. The number of hydrogen-bond donors (Lipinski definition) is 1.